The molecule has 0 radical (unpaired) electrons. The van der Waals surface area contributed by atoms with Crippen molar-refractivity contribution in [2.45, 2.75) is 45.4 Å². The Kier molecular flexibility index (Phi) is 5.68. The van der Waals surface area contributed by atoms with Crippen molar-refractivity contribution in [3.8, 4) is 0 Å². The Morgan fingerprint density at radius 2 is 1.65 bits per heavy atom. The molecular weight excluding hydrogens is 254 g/mol. The van der Waals surface area contributed by atoms with E-state index in [0.29, 0.717) is 39.1 Å². The zero-order valence-corrected chi connectivity index (χ0v) is 12.6. The normalized spacial score (nSPS) is 20.2. The molecule has 0 aromatic carbocycles. The number of piperazine rings is 1. The fraction of sp³-hybridized carbons (Fsp3) is 0.867. The van der Waals surface area contributed by atoms with Crippen molar-refractivity contribution in [3.05, 3.63) is 0 Å². The van der Waals surface area contributed by atoms with Crippen LogP contribution in [-0.2, 0) is 4.79 Å². The Bertz CT molecular complexity index is 332. The molecule has 5 nitrogen and oxygen atoms in total. The van der Waals surface area contributed by atoms with Crippen molar-refractivity contribution in [2.24, 2.45) is 5.92 Å². The fourth-order valence-corrected chi connectivity index (χ4v) is 3.21. The van der Waals surface area contributed by atoms with E-state index in [1.54, 1.807) is 4.90 Å². The quantitative estimate of drug-likeness (QED) is 0.854. The Morgan fingerprint density at radius 3 is 2.25 bits per heavy atom. The Hall–Kier alpha value is -1.26. The SMILES string of the molecule is CCNC(=O)N1CCN(C(=O)CCC2CCCC2)CC1. The summed E-state index contributed by atoms with van der Waals surface area (Å²) in [7, 11) is 0. The first-order valence-corrected chi connectivity index (χ1v) is 8.01. The first-order chi connectivity index (χ1) is 9.70. The van der Waals surface area contributed by atoms with Crippen LogP contribution in [0.1, 0.15) is 45.4 Å². The number of carbonyl (C=O) groups excluding carboxylic acids is 2. The van der Waals surface area contributed by atoms with Gasteiger partial charge in [0, 0.05) is 39.1 Å². The van der Waals surface area contributed by atoms with Crippen LogP contribution in [0.2, 0.25) is 0 Å². The molecule has 1 saturated carbocycles. The minimum Gasteiger partial charge on any atom is -0.339 e. The van der Waals surface area contributed by atoms with Crippen LogP contribution in [0.25, 0.3) is 0 Å². The molecule has 3 amide bonds. The highest BCUT2D eigenvalue weighted by atomic mass is 16.2. The third-order valence-corrected chi connectivity index (χ3v) is 4.49. The molecule has 0 aromatic heterocycles. The van der Waals surface area contributed by atoms with Gasteiger partial charge in [0.2, 0.25) is 5.91 Å². The van der Waals surface area contributed by atoms with Gasteiger partial charge in [-0.2, -0.15) is 0 Å². The summed E-state index contributed by atoms with van der Waals surface area (Å²) in [6.07, 6.45) is 7.02. The lowest BCUT2D eigenvalue weighted by atomic mass is 10.0. The third kappa shape index (κ3) is 4.12. The summed E-state index contributed by atoms with van der Waals surface area (Å²) in [6.45, 7) is 5.24. The number of urea groups is 1. The largest absolute Gasteiger partial charge is 0.339 e. The summed E-state index contributed by atoms with van der Waals surface area (Å²) in [4.78, 5) is 27.6. The topological polar surface area (TPSA) is 52.7 Å². The molecule has 0 unspecified atom stereocenters. The van der Waals surface area contributed by atoms with Crippen molar-refractivity contribution < 1.29 is 9.59 Å². The fourth-order valence-electron chi connectivity index (χ4n) is 3.21. The van der Waals surface area contributed by atoms with Gasteiger partial charge in [0.15, 0.2) is 0 Å². The second-order valence-corrected chi connectivity index (χ2v) is 5.89. The van der Waals surface area contributed by atoms with E-state index in [0.717, 1.165) is 12.3 Å². The third-order valence-electron chi connectivity index (χ3n) is 4.49. The van der Waals surface area contributed by atoms with Crippen LogP contribution in [0.4, 0.5) is 4.79 Å². The highest BCUT2D eigenvalue weighted by Crippen LogP contribution is 2.28. The molecule has 2 aliphatic rings. The monoisotopic (exact) mass is 281 g/mol. The van der Waals surface area contributed by atoms with Gasteiger partial charge in [0.1, 0.15) is 0 Å². The molecular formula is C15H27N3O2. The van der Waals surface area contributed by atoms with E-state index in [4.69, 9.17) is 0 Å². The summed E-state index contributed by atoms with van der Waals surface area (Å²) >= 11 is 0. The molecule has 1 heterocycles. The lowest BCUT2D eigenvalue weighted by molar-refractivity contribution is -0.132. The number of hydrogen-bond acceptors (Lipinski definition) is 2. The molecule has 20 heavy (non-hydrogen) atoms. The molecule has 5 heteroatoms. The zero-order valence-electron chi connectivity index (χ0n) is 12.6. The molecule has 114 valence electrons. The number of rotatable bonds is 4. The molecule has 1 aliphatic carbocycles. The van der Waals surface area contributed by atoms with Crippen molar-refractivity contribution in [2.75, 3.05) is 32.7 Å². The average molecular weight is 281 g/mol. The minimum atomic E-state index is -0.00875. The van der Waals surface area contributed by atoms with E-state index < -0.39 is 0 Å². The average Bonchev–Trinajstić information content (AvgIpc) is 2.98. The van der Waals surface area contributed by atoms with Crippen LogP contribution >= 0.6 is 0 Å². The maximum atomic E-state index is 12.2. The van der Waals surface area contributed by atoms with E-state index >= 15 is 0 Å². The molecule has 0 spiro atoms. The second kappa shape index (κ2) is 7.50. The Morgan fingerprint density at radius 1 is 1.05 bits per heavy atom. The number of hydrogen-bond donors (Lipinski definition) is 1. The molecule has 0 aromatic rings. The van der Waals surface area contributed by atoms with Crippen LogP contribution in [0.15, 0.2) is 0 Å². The molecule has 2 rings (SSSR count). The zero-order chi connectivity index (χ0) is 14.4. The van der Waals surface area contributed by atoms with Crippen molar-refractivity contribution in [1.82, 2.24) is 15.1 Å². The first-order valence-electron chi connectivity index (χ1n) is 8.01. The first kappa shape index (κ1) is 15.1. The van der Waals surface area contributed by atoms with Gasteiger partial charge in [-0.25, -0.2) is 4.79 Å². The van der Waals surface area contributed by atoms with Gasteiger partial charge in [-0.1, -0.05) is 25.7 Å². The van der Waals surface area contributed by atoms with Crippen LogP contribution < -0.4 is 5.32 Å². The standard InChI is InChI=1S/C15H27N3O2/c1-2-16-15(20)18-11-9-17(10-12-18)14(19)8-7-13-5-3-4-6-13/h13H,2-12H2,1H3,(H,16,20). The smallest absolute Gasteiger partial charge is 0.317 e. The summed E-state index contributed by atoms with van der Waals surface area (Å²) in [5.41, 5.74) is 0. The van der Waals surface area contributed by atoms with Gasteiger partial charge in [-0.05, 0) is 19.3 Å². The van der Waals surface area contributed by atoms with Gasteiger partial charge in [-0.15, -0.1) is 0 Å². The van der Waals surface area contributed by atoms with E-state index in [9.17, 15) is 9.59 Å². The van der Waals surface area contributed by atoms with Crippen molar-refractivity contribution >= 4 is 11.9 Å². The molecule has 1 saturated heterocycles. The maximum absolute atomic E-state index is 12.2. The predicted molar refractivity (Wildman–Crippen MR) is 78.4 cm³/mol. The number of amides is 3. The van der Waals surface area contributed by atoms with Crippen molar-refractivity contribution in [1.29, 1.82) is 0 Å². The van der Waals surface area contributed by atoms with E-state index in [2.05, 4.69) is 5.32 Å². The lowest BCUT2D eigenvalue weighted by Crippen LogP contribution is -2.53. The van der Waals surface area contributed by atoms with Gasteiger partial charge in [0.25, 0.3) is 0 Å². The summed E-state index contributed by atoms with van der Waals surface area (Å²) in [5.74, 6) is 1.04. The molecule has 2 fully saturated rings. The molecule has 0 bridgehead atoms. The number of carbonyl (C=O) groups is 2. The van der Waals surface area contributed by atoms with E-state index in [1.807, 2.05) is 11.8 Å². The second-order valence-electron chi connectivity index (χ2n) is 5.89. The Labute approximate surface area is 121 Å². The van der Waals surface area contributed by atoms with E-state index in [-0.39, 0.29) is 11.9 Å². The molecule has 1 aliphatic heterocycles. The summed E-state index contributed by atoms with van der Waals surface area (Å²) in [6, 6.07) is -0.00875. The Balaban J connectivity index is 1.67. The van der Waals surface area contributed by atoms with Gasteiger partial charge < -0.3 is 15.1 Å². The highest BCUT2D eigenvalue weighted by molar-refractivity contribution is 5.77. The van der Waals surface area contributed by atoms with Crippen LogP contribution in [-0.4, -0.2) is 54.5 Å². The van der Waals surface area contributed by atoms with Crippen molar-refractivity contribution in [3.63, 3.8) is 0 Å². The summed E-state index contributed by atoms with van der Waals surface area (Å²) in [5, 5.41) is 2.81. The van der Waals surface area contributed by atoms with Gasteiger partial charge in [0.05, 0.1) is 0 Å². The predicted octanol–water partition coefficient (Wildman–Crippen LogP) is 1.83. The number of nitrogens with one attached hydrogen (secondary N) is 1. The van der Waals surface area contributed by atoms with Crippen LogP contribution in [0.5, 0.6) is 0 Å². The highest BCUT2D eigenvalue weighted by Gasteiger charge is 2.24. The molecule has 0 atom stereocenters. The van der Waals surface area contributed by atoms with Gasteiger partial charge in [-0.3, -0.25) is 4.79 Å². The number of nitrogens with zero attached hydrogens (tertiary/aromatic N) is 2. The van der Waals surface area contributed by atoms with Crippen LogP contribution in [0, 0.1) is 5.92 Å². The minimum absolute atomic E-state index is 0.00875. The maximum Gasteiger partial charge on any atom is 0.317 e. The van der Waals surface area contributed by atoms with Gasteiger partial charge >= 0.3 is 6.03 Å². The van der Waals surface area contributed by atoms with E-state index in [1.165, 1.54) is 25.7 Å². The summed E-state index contributed by atoms with van der Waals surface area (Å²) < 4.78 is 0. The van der Waals surface area contributed by atoms with Crippen LogP contribution in [0.3, 0.4) is 0 Å². The lowest BCUT2D eigenvalue weighted by Gasteiger charge is -2.34. The molecule has 1 N–H and O–H groups in total.